The zero-order chi connectivity index (χ0) is 18.2. The van der Waals surface area contributed by atoms with Gasteiger partial charge >= 0.3 is 0 Å². The van der Waals surface area contributed by atoms with E-state index in [0.29, 0.717) is 24.4 Å². The van der Waals surface area contributed by atoms with Crippen molar-refractivity contribution < 1.29 is 14.0 Å². The Morgan fingerprint density at radius 2 is 1.96 bits per heavy atom. The summed E-state index contributed by atoms with van der Waals surface area (Å²) in [6, 6.07) is 7.07. The van der Waals surface area contributed by atoms with Gasteiger partial charge in [-0.2, -0.15) is 0 Å². The van der Waals surface area contributed by atoms with Crippen LogP contribution < -0.4 is 10.6 Å². The molecule has 0 atom stereocenters. The Labute approximate surface area is 152 Å². The van der Waals surface area contributed by atoms with Gasteiger partial charge in [0.1, 0.15) is 0 Å². The predicted molar refractivity (Wildman–Crippen MR) is 99.1 cm³/mol. The summed E-state index contributed by atoms with van der Waals surface area (Å²) in [7, 11) is 0. The molecule has 0 spiro atoms. The highest BCUT2D eigenvalue weighted by Crippen LogP contribution is 2.29. The van der Waals surface area contributed by atoms with E-state index < -0.39 is 0 Å². The molecular weight excluding hydrogens is 340 g/mol. The predicted octanol–water partition coefficient (Wildman–Crippen LogP) is 4.21. The first-order chi connectivity index (χ1) is 12.1. The molecule has 0 aliphatic heterocycles. The molecule has 2 rings (SSSR count). The molecule has 0 aliphatic carbocycles. The van der Waals surface area contributed by atoms with Crippen LogP contribution in [0.15, 0.2) is 34.9 Å². The van der Waals surface area contributed by atoms with E-state index in [-0.39, 0.29) is 17.6 Å². The van der Waals surface area contributed by atoms with Crippen LogP contribution in [0.4, 0.5) is 5.69 Å². The zero-order valence-electron chi connectivity index (χ0n) is 14.5. The number of aryl methyl sites for hydroxylation is 1. The molecule has 0 radical (unpaired) electrons. The molecule has 0 aliphatic rings. The Balaban J connectivity index is 1.86. The van der Waals surface area contributed by atoms with Crippen molar-refractivity contribution >= 4 is 29.1 Å². The number of halogens is 1. The van der Waals surface area contributed by atoms with Gasteiger partial charge in [0.15, 0.2) is 5.76 Å². The maximum atomic E-state index is 12.2. The minimum atomic E-state index is -0.276. The number of carbonyl (C=O) groups is 2. The summed E-state index contributed by atoms with van der Waals surface area (Å²) in [5, 5.41) is 6.37. The highest BCUT2D eigenvalue weighted by atomic mass is 35.5. The Hall–Kier alpha value is -2.27. The van der Waals surface area contributed by atoms with Crippen LogP contribution in [0.3, 0.4) is 0 Å². The lowest BCUT2D eigenvalue weighted by Crippen LogP contribution is -2.25. The molecule has 1 heterocycles. The first-order valence-electron chi connectivity index (χ1n) is 8.48. The number of benzene rings is 1. The van der Waals surface area contributed by atoms with E-state index in [2.05, 4.69) is 10.6 Å². The first kappa shape index (κ1) is 19.1. The molecule has 25 heavy (non-hydrogen) atoms. The summed E-state index contributed by atoms with van der Waals surface area (Å²) >= 11 is 6.24. The van der Waals surface area contributed by atoms with E-state index >= 15 is 0 Å². The Bertz CT molecular complexity index is 727. The summed E-state index contributed by atoms with van der Waals surface area (Å²) in [5.74, 6) is -0.0933. The molecule has 5 nitrogen and oxygen atoms in total. The smallest absolute Gasteiger partial charge is 0.286 e. The molecule has 134 valence electrons. The fraction of sp³-hybridized carbons (Fsp3) is 0.368. The molecule has 2 aromatic rings. The van der Waals surface area contributed by atoms with Crippen LogP contribution in [0.5, 0.6) is 0 Å². The van der Waals surface area contributed by atoms with Crippen molar-refractivity contribution in [3.05, 3.63) is 52.4 Å². The molecule has 0 fully saturated rings. The van der Waals surface area contributed by atoms with Crippen LogP contribution in [0, 0.1) is 0 Å². The maximum Gasteiger partial charge on any atom is 0.286 e. The van der Waals surface area contributed by atoms with Gasteiger partial charge in [-0.1, -0.05) is 31.5 Å². The van der Waals surface area contributed by atoms with E-state index in [4.69, 9.17) is 16.0 Å². The lowest BCUT2D eigenvalue weighted by Gasteiger charge is -2.16. The number of nitrogens with one attached hydrogen (secondary N) is 2. The van der Waals surface area contributed by atoms with Gasteiger partial charge in [0.2, 0.25) is 5.91 Å². The Kier molecular flexibility index (Phi) is 7.07. The zero-order valence-corrected chi connectivity index (χ0v) is 15.3. The van der Waals surface area contributed by atoms with Crippen LogP contribution in [-0.2, 0) is 17.6 Å². The third-order valence-corrected chi connectivity index (χ3v) is 4.31. The molecule has 0 unspecified atom stereocenters. The molecule has 0 bridgehead atoms. The van der Waals surface area contributed by atoms with E-state index in [1.165, 1.54) is 6.26 Å². The van der Waals surface area contributed by atoms with Crippen molar-refractivity contribution in [2.45, 2.75) is 39.5 Å². The van der Waals surface area contributed by atoms with Gasteiger partial charge in [-0.25, -0.2) is 0 Å². The second-order valence-corrected chi connectivity index (χ2v) is 6.06. The Morgan fingerprint density at radius 1 is 1.16 bits per heavy atom. The number of anilines is 1. The largest absolute Gasteiger partial charge is 0.459 e. The number of rotatable bonds is 8. The van der Waals surface area contributed by atoms with Crippen molar-refractivity contribution in [3.63, 3.8) is 0 Å². The van der Waals surface area contributed by atoms with Crippen LogP contribution in [0.25, 0.3) is 0 Å². The molecular formula is C19H23ClN2O3. The minimum Gasteiger partial charge on any atom is -0.459 e. The second-order valence-electron chi connectivity index (χ2n) is 5.65. The first-order valence-corrected chi connectivity index (χ1v) is 8.86. The van der Waals surface area contributed by atoms with Gasteiger partial charge in [0.05, 0.1) is 6.26 Å². The van der Waals surface area contributed by atoms with Gasteiger partial charge in [-0.3, -0.25) is 9.59 Å². The molecule has 0 saturated heterocycles. The third-order valence-electron chi connectivity index (χ3n) is 3.95. The Morgan fingerprint density at radius 3 is 2.60 bits per heavy atom. The molecule has 2 N–H and O–H groups in total. The lowest BCUT2D eigenvalue weighted by molar-refractivity contribution is -0.116. The number of hydrogen-bond acceptors (Lipinski definition) is 3. The molecule has 1 aromatic carbocycles. The summed E-state index contributed by atoms with van der Waals surface area (Å²) in [5.41, 5.74) is 2.85. The second kappa shape index (κ2) is 9.28. The van der Waals surface area contributed by atoms with Crippen LogP contribution in [-0.4, -0.2) is 18.4 Å². The molecule has 2 amide bonds. The van der Waals surface area contributed by atoms with E-state index in [1.54, 1.807) is 12.1 Å². The van der Waals surface area contributed by atoms with Crippen molar-refractivity contribution in [1.82, 2.24) is 5.32 Å². The fourth-order valence-electron chi connectivity index (χ4n) is 2.61. The van der Waals surface area contributed by atoms with E-state index in [1.807, 2.05) is 26.0 Å². The minimum absolute atomic E-state index is 0.0843. The van der Waals surface area contributed by atoms with Gasteiger partial charge < -0.3 is 15.1 Å². The summed E-state index contributed by atoms with van der Waals surface area (Å²) < 4.78 is 5.01. The number of hydrogen-bond donors (Lipinski definition) is 2. The van der Waals surface area contributed by atoms with E-state index in [0.717, 1.165) is 29.7 Å². The molecule has 1 aromatic heterocycles. The van der Waals surface area contributed by atoms with Crippen molar-refractivity contribution in [2.24, 2.45) is 0 Å². The van der Waals surface area contributed by atoms with Gasteiger partial charge in [0, 0.05) is 23.7 Å². The average Bonchev–Trinajstić information content (AvgIpc) is 3.14. The summed E-state index contributed by atoms with van der Waals surface area (Å²) in [4.78, 5) is 24.0. The quantitative estimate of drug-likeness (QED) is 0.691. The molecule has 0 saturated carbocycles. The maximum absolute atomic E-state index is 12.2. The normalized spacial score (nSPS) is 10.5. The van der Waals surface area contributed by atoms with Crippen LogP contribution in [0.2, 0.25) is 5.02 Å². The van der Waals surface area contributed by atoms with Crippen molar-refractivity contribution in [2.75, 3.05) is 11.9 Å². The monoisotopic (exact) mass is 362 g/mol. The average molecular weight is 363 g/mol. The van der Waals surface area contributed by atoms with Gasteiger partial charge in [0.25, 0.3) is 5.91 Å². The number of amides is 2. The number of furan rings is 1. The lowest BCUT2D eigenvalue weighted by atomic mass is 10.0. The fourth-order valence-corrected chi connectivity index (χ4v) is 2.91. The summed E-state index contributed by atoms with van der Waals surface area (Å²) in [6.07, 6.45) is 3.88. The van der Waals surface area contributed by atoms with Gasteiger partial charge in [-0.05, 0) is 48.6 Å². The standard InChI is InChI=1S/C19H23ClN2O3/c1-3-13-9-10-15(20)14(4-2)18(13)22-17(23)8-5-11-21-19(24)16-7-6-12-25-16/h6-7,9-10,12H,3-5,8,11H2,1-2H3,(H,21,24)(H,22,23). The third kappa shape index (κ3) is 5.10. The summed E-state index contributed by atoms with van der Waals surface area (Å²) in [6.45, 7) is 4.47. The van der Waals surface area contributed by atoms with Crippen molar-refractivity contribution in [1.29, 1.82) is 0 Å². The topological polar surface area (TPSA) is 71.3 Å². The van der Waals surface area contributed by atoms with Crippen LogP contribution in [0.1, 0.15) is 48.4 Å². The van der Waals surface area contributed by atoms with Crippen LogP contribution >= 0.6 is 11.6 Å². The highest BCUT2D eigenvalue weighted by Gasteiger charge is 2.13. The molecule has 6 heteroatoms. The SMILES string of the molecule is CCc1ccc(Cl)c(CC)c1NC(=O)CCCNC(=O)c1ccco1. The van der Waals surface area contributed by atoms with Crippen molar-refractivity contribution in [3.8, 4) is 0 Å². The highest BCUT2D eigenvalue weighted by molar-refractivity contribution is 6.32. The van der Waals surface area contributed by atoms with E-state index in [9.17, 15) is 9.59 Å². The van der Waals surface area contributed by atoms with Gasteiger partial charge in [-0.15, -0.1) is 0 Å². The number of carbonyl (C=O) groups excluding carboxylic acids is 2.